The maximum atomic E-state index is 10.9. The largest absolute Gasteiger partial charge is 0.480 e. The highest BCUT2D eigenvalue weighted by molar-refractivity contribution is 8.00. The fourth-order valence-electron chi connectivity index (χ4n) is 2.15. The van der Waals surface area contributed by atoms with Crippen LogP contribution in [0.15, 0.2) is 29.2 Å². The van der Waals surface area contributed by atoms with E-state index in [2.05, 4.69) is 29.6 Å². The van der Waals surface area contributed by atoms with Gasteiger partial charge in [0, 0.05) is 22.3 Å². The van der Waals surface area contributed by atoms with Crippen LogP contribution in [0.25, 0.3) is 0 Å². The van der Waals surface area contributed by atoms with Crippen molar-refractivity contribution in [1.29, 1.82) is 0 Å². The second-order valence-corrected chi connectivity index (χ2v) is 6.80. The van der Waals surface area contributed by atoms with Gasteiger partial charge in [0.1, 0.15) is 6.04 Å². The summed E-state index contributed by atoms with van der Waals surface area (Å²) in [6.07, 6.45) is 0.910. The molecule has 1 aromatic rings. The summed E-state index contributed by atoms with van der Waals surface area (Å²) in [5.74, 6) is 2.41. The maximum absolute atomic E-state index is 10.9. The summed E-state index contributed by atoms with van der Waals surface area (Å²) in [5.41, 5.74) is 1.41. The van der Waals surface area contributed by atoms with Crippen LogP contribution < -0.4 is 5.32 Å². The van der Waals surface area contributed by atoms with Crippen LogP contribution in [-0.2, 0) is 9.59 Å². The van der Waals surface area contributed by atoms with E-state index in [1.807, 2.05) is 11.8 Å². The normalized spacial score (nSPS) is 18.3. The maximum Gasteiger partial charge on any atom is 0.326 e. The number of benzene rings is 1. The first-order valence-corrected chi connectivity index (χ1v) is 8.58. The molecule has 0 fully saturated rings. The second-order valence-electron chi connectivity index (χ2n) is 4.58. The van der Waals surface area contributed by atoms with Gasteiger partial charge in [-0.2, -0.15) is 11.8 Å². The van der Waals surface area contributed by atoms with Crippen molar-refractivity contribution in [2.45, 2.75) is 23.3 Å². The van der Waals surface area contributed by atoms with Crippen molar-refractivity contribution in [3.05, 3.63) is 29.8 Å². The molecule has 0 aliphatic carbocycles. The van der Waals surface area contributed by atoms with Gasteiger partial charge in [-0.15, -0.1) is 11.8 Å². The summed E-state index contributed by atoms with van der Waals surface area (Å²) in [6, 6.07) is 7.68. The predicted octanol–water partition coefficient (Wildman–Crippen LogP) is 2.20. The van der Waals surface area contributed by atoms with E-state index < -0.39 is 12.0 Å². The fraction of sp³-hybridized carbons (Fsp3) is 0.429. The van der Waals surface area contributed by atoms with Crippen LogP contribution in [0.3, 0.4) is 0 Å². The van der Waals surface area contributed by atoms with E-state index in [1.54, 1.807) is 11.8 Å². The second kappa shape index (κ2) is 7.59. The quantitative estimate of drug-likeness (QED) is 0.569. The first kappa shape index (κ1) is 15.3. The molecule has 1 amide bonds. The van der Waals surface area contributed by atoms with Gasteiger partial charge in [0.25, 0.3) is 0 Å². The molecule has 1 heterocycles. The van der Waals surface area contributed by atoms with Crippen molar-refractivity contribution in [3.8, 4) is 0 Å². The fourth-order valence-corrected chi connectivity index (χ4v) is 4.71. The number of rotatable bonds is 8. The van der Waals surface area contributed by atoms with Crippen LogP contribution in [0.2, 0.25) is 0 Å². The summed E-state index contributed by atoms with van der Waals surface area (Å²) in [4.78, 5) is 22.5. The molecule has 0 spiro atoms. The topological polar surface area (TPSA) is 66.4 Å². The van der Waals surface area contributed by atoms with E-state index in [-0.39, 0.29) is 0 Å². The molecule has 2 unspecified atom stereocenters. The zero-order valence-electron chi connectivity index (χ0n) is 11.0. The molecule has 2 atom stereocenters. The Bertz CT molecular complexity index is 481. The van der Waals surface area contributed by atoms with Gasteiger partial charge in [-0.3, -0.25) is 4.79 Å². The van der Waals surface area contributed by atoms with Crippen molar-refractivity contribution in [2.75, 3.05) is 17.3 Å². The average molecular weight is 311 g/mol. The standard InChI is InChI=1S/C14H17NO3S2/c16-9-15-12(14(17)18)5-6-19-7-10-8-20-13-4-2-1-3-11(10)13/h1-4,9-10,12H,5-8H2,(H,15,16)(H,17,18). The molecule has 4 nitrogen and oxygen atoms in total. The molecule has 0 radical (unpaired) electrons. The zero-order valence-corrected chi connectivity index (χ0v) is 12.6. The number of amides is 1. The lowest BCUT2D eigenvalue weighted by Crippen LogP contribution is -2.36. The average Bonchev–Trinajstić information content (AvgIpc) is 2.85. The minimum atomic E-state index is -0.973. The van der Waals surface area contributed by atoms with Crippen molar-refractivity contribution >= 4 is 35.9 Å². The SMILES string of the molecule is O=CNC(CCSCC1CSc2ccccc21)C(=O)O. The molecule has 1 aromatic carbocycles. The molecule has 0 saturated heterocycles. The van der Waals surface area contributed by atoms with E-state index in [0.29, 0.717) is 18.7 Å². The molecule has 6 heteroatoms. The van der Waals surface area contributed by atoms with Gasteiger partial charge in [-0.1, -0.05) is 18.2 Å². The Morgan fingerprint density at radius 1 is 1.55 bits per heavy atom. The van der Waals surface area contributed by atoms with E-state index in [1.165, 1.54) is 10.5 Å². The van der Waals surface area contributed by atoms with Gasteiger partial charge < -0.3 is 10.4 Å². The van der Waals surface area contributed by atoms with Crippen LogP contribution >= 0.6 is 23.5 Å². The van der Waals surface area contributed by atoms with Crippen LogP contribution in [0.4, 0.5) is 0 Å². The molecule has 1 aliphatic rings. The van der Waals surface area contributed by atoms with Gasteiger partial charge >= 0.3 is 5.97 Å². The Kier molecular flexibility index (Phi) is 5.79. The summed E-state index contributed by atoms with van der Waals surface area (Å²) in [6.45, 7) is 0. The lowest BCUT2D eigenvalue weighted by molar-refractivity contribution is -0.140. The molecule has 2 N–H and O–H groups in total. The lowest BCUT2D eigenvalue weighted by Gasteiger charge is -2.13. The Morgan fingerprint density at radius 2 is 2.35 bits per heavy atom. The molecule has 0 saturated carbocycles. The van der Waals surface area contributed by atoms with Gasteiger partial charge in [-0.05, 0) is 23.8 Å². The summed E-state index contributed by atoms with van der Waals surface area (Å²) < 4.78 is 0. The highest BCUT2D eigenvalue weighted by atomic mass is 32.2. The number of carboxylic acids is 1. The number of thioether (sulfide) groups is 2. The van der Waals surface area contributed by atoms with Crippen molar-refractivity contribution in [3.63, 3.8) is 0 Å². The summed E-state index contributed by atoms with van der Waals surface area (Å²) >= 11 is 3.64. The number of aliphatic carboxylic acids is 1. The van der Waals surface area contributed by atoms with Gasteiger partial charge in [0.15, 0.2) is 0 Å². The molecule has 108 valence electrons. The smallest absolute Gasteiger partial charge is 0.326 e. The van der Waals surface area contributed by atoms with Crippen LogP contribution in [0, 0.1) is 0 Å². The minimum absolute atomic E-state index is 0.452. The van der Waals surface area contributed by atoms with E-state index in [4.69, 9.17) is 5.11 Å². The molecule has 20 heavy (non-hydrogen) atoms. The van der Waals surface area contributed by atoms with Crippen LogP contribution in [-0.4, -0.2) is 40.8 Å². The first-order valence-electron chi connectivity index (χ1n) is 6.44. The summed E-state index contributed by atoms with van der Waals surface area (Å²) in [7, 11) is 0. The number of carbonyl (C=O) groups is 2. The monoisotopic (exact) mass is 311 g/mol. The predicted molar refractivity (Wildman–Crippen MR) is 82.5 cm³/mol. The molecular formula is C14H17NO3S2. The first-order chi connectivity index (χ1) is 9.72. The zero-order chi connectivity index (χ0) is 14.4. The molecular weight excluding hydrogens is 294 g/mol. The van der Waals surface area contributed by atoms with Gasteiger partial charge in [0.05, 0.1) is 0 Å². The third-order valence-corrected chi connectivity index (χ3v) is 5.65. The number of hydrogen-bond donors (Lipinski definition) is 2. The molecule has 2 rings (SSSR count). The Balaban J connectivity index is 1.74. The number of carboxylic acid groups (broad SMARTS) is 1. The Labute approximate surface area is 126 Å². The minimum Gasteiger partial charge on any atom is -0.480 e. The van der Waals surface area contributed by atoms with Crippen molar-refractivity contribution in [1.82, 2.24) is 5.32 Å². The number of nitrogens with one attached hydrogen (secondary N) is 1. The highest BCUT2D eigenvalue weighted by Crippen LogP contribution is 2.40. The number of fused-ring (bicyclic) bond motifs is 1. The Hall–Kier alpha value is -1.14. The van der Waals surface area contributed by atoms with E-state index in [0.717, 1.165) is 17.3 Å². The van der Waals surface area contributed by atoms with E-state index >= 15 is 0 Å². The lowest BCUT2D eigenvalue weighted by atomic mass is 10.0. The van der Waals surface area contributed by atoms with Crippen molar-refractivity contribution < 1.29 is 14.7 Å². The Morgan fingerprint density at radius 3 is 3.10 bits per heavy atom. The van der Waals surface area contributed by atoms with E-state index in [9.17, 15) is 9.59 Å². The number of hydrogen-bond acceptors (Lipinski definition) is 4. The molecule has 0 bridgehead atoms. The number of carbonyl (C=O) groups excluding carboxylic acids is 1. The summed E-state index contributed by atoms with van der Waals surface area (Å²) in [5, 5.41) is 11.2. The van der Waals surface area contributed by atoms with Crippen molar-refractivity contribution in [2.24, 2.45) is 0 Å². The molecule has 1 aliphatic heterocycles. The highest BCUT2D eigenvalue weighted by Gasteiger charge is 2.22. The van der Waals surface area contributed by atoms with Gasteiger partial charge in [-0.25, -0.2) is 4.79 Å². The van der Waals surface area contributed by atoms with Gasteiger partial charge in [0.2, 0.25) is 6.41 Å². The third kappa shape index (κ3) is 3.93. The van der Waals surface area contributed by atoms with Crippen LogP contribution in [0.5, 0.6) is 0 Å². The third-order valence-electron chi connectivity index (χ3n) is 3.24. The molecule has 0 aromatic heterocycles. The van der Waals surface area contributed by atoms with Crippen LogP contribution in [0.1, 0.15) is 17.9 Å².